The van der Waals surface area contributed by atoms with E-state index >= 15 is 4.39 Å². The van der Waals surface area contributed by atoms with Gasteiger partial charge in [-0.15, -0.1) is 0 Å². The summed E-state index contributed by atoms with van der Waals surface area (Å²) in [6, 6.07) is 3.01. The number of halogens is 1. The van der Waals surface area contributed by atoms with Crippen molar-refractivity contribution in [3.8, 4) is 11.4 Å². The maximum absolute atomic E-state index is 15.2. The highest BCUT2D eigenvalue weighted by atomic mass is 19.1. The molecule has 0 fully saturated rings. The number of carbonyl (C=O) groups is 2. The number of nitrogens with two attached hydrogens (primary N) is 1. The summed E-state index contributed by atoms with van der Waals surface area (Å²) < 4.78 is 27.9. The van der Waals surface area contributed by atoms with Gasteiger partial charge in [-0.2, -0.15) is 0 Å². The summed E-state index contributed by atoms with van der Waals surface area (Å²) >= 11 is 0. The number of cyclic esters (lactones) is 1. The minimum absolute atomic E-state index is 0.0200. The van der Waals surface area contributed by atoms with E-state index in [2.05, 4.69) is 6.92 Å². The Kier molecular flexibility index (Phi) is 6.44. The number of amides is 1. The van der Waals surface area contributed by atoms with Gasteiger partial charge >= 0.3 is 12.1 Å². The van der Waals surface area contributed by atoms with E-state index in [4.69, 9.17) is 20.2 Å². The summed E-state index contributed by atoms with van der Waals surface area (Å²) in [6.07, 6.45) is 4.37. The molecule has 1 aliphatic carbocycles. The molecular weight excluding hydrogens is 529 g/mol. The van der Waals surface area contributed by atoms with E-state index in [0.29, 0.717) is 47.3 Å². The summed E-state index contributed by atoms with van der Waals surface area (Å²) in [7, 11) is 0. The lowest BCUT2D eigenvalue weighted by atomic mass is 9.73. The van der Waals surface area contributed by atoms with Crippen LogP contribution in [0.5, 0.6) is 0 Å². The van der Waals surface area contributed by atoms with Gasteiger partial charge in [-0.3, -0.25) is 4.79 Å². The van der Waals surface area contributed by atoms with Crippen LogP contribution in [-0.2, 0) is 45.0 Å². The first-order chi connectivity index (χ1) is 19.6. The van der Waals surface area contributed by atoms with Gasteiger partial charge in [-0.25, -0.2) is 19.0 Å². The fraction of sp³-hybridized carbons (Fsp3) is 0.484. The highest BCUT2D eigenvalue weighted by molar-refractivity contribution is 5.94. The first kappa shape index (κ1) is 27.4. The van der Waals surface area contributed by atoms with Crippen LogP contribution in [0, 0.1) is 12.7 Å². The third-order valence-corrected chi connectivity index (χ3v) is 9.27. The number of carbonyl (C=O) groups excluding carboxylic acids is 2. The van der Waals surface area contributed by atoms with E-state index in [1.807, 2.05) is 0 Å². The van der Waals surface area contributed by atoms with E-state index in [9.17, 15) is 19.5 Å². The van der Waals surface area contributed by atoms with Crippen LogP contribution in [-0.4, -0.2) is 26.7 Å². The van der Waals surface area contributed by atoms with Crippen LogP contribution < -0.4 is 11.3 Å². The van der Waals surface area contributed by atoms with Gasteiger partial charge in [0.1, 0.15) is 18.0 Å². The van der Waals surface area contributed by atoms with Gasteiger partial charge in [0.2, 0.25) is 0 Å². The molecule has 6 rings (SSSR count). The molecule has 1 amide bonds. The molecular formula is C31H34FN3O6. The Morgan fingerprint density at radius 1 is 1.20 bits per heavy atom. The quantitative estimate of drug-likeness (QED) is 0.245. The van der Waals surface area contributed by atoms with E-state index in [-0.39, 0.29) is 36.5 Å². The molecule has 0 radical (unpaired) electrons. The highest BCUT2D eigenvalue weighted by Gasteiger charge is 2.48. The van der Waals surface area contributed by atoms with Crippen molar-refractivity contribution in [2.24, 2.45) is 5.73 Å². The van der Waals surface area contributed by atoms with Crippen molar-refractivity contribution < 1.29 is 28.6 Å². The molecule has 10 heteroatoms. The van der Waals surface area contributed by atoms with Crippen molar-refractivity contribution in [1.29, 1.82) is 0 Å². The van der Waals surface area contributed by atoms with Crippen molar-refractivity contribution in [3.63, 3.8) is 0 Å². The second-order valence-corrected chi connectivity index (χ2v) is 11.5. The molecule has 3 aliphatic rings. The lowest BCUT2D eigenvalue weighted by Crippen LogP contribution is -2.44. The highest BCUT2D eigenvalue weighted by Crippen LogP contribution is 2.51. The number of benzene rings is 1. The molecule has 3 aromatic rings. The summed E-state index contributed by atoms with van der Waals surface area (Å²) in [5.74, 6) is -1.19. The molecule has 2 atom stereocenters. The number of hydrogen-bond acceptors (Lipinski definition) is 7. The van der Waals surface area contributed by atoms with Crippen LogP contribution in [0.2, 0.25) is 0 Å². The number of pyridine rings is 2. The van der Waals surface area contributed by atoms with Gasteiger partial charge in [0.25, 0.3) is 5.56 Å². The van der Waals surface area contributed by atoms with Crippen LogP contribution in [0.3, 0.4) is 0 Å². The van der Waals surface area contributed by atoms with Gasteiger partial charge in [0.15, 0.2) is 5.60 Å². The predicted octanol–water partition coefficient (Wildman–Crippen LogP) is 4.73. The summed E-state index contributed by atoms with van der Waals surface area (Å²) in [5.41, 5.74) is 6.64. The molecule has 3 N–H and O–H groups in total. The number of hydrogen-bond donors (Lipinski definition) is 2. The molecule has 216 valence electrons. The number of fused-ring (bicyclic) bond motifs is 5. The molecule has 41 heavy (non-hydrogen) atoms. The minimum Gasteiger partial charge on any atom is -0.458 e. The largest absolute Gasteiger partial charge is 0.458 e. The maximum Gasteiger partial charge on any atom is 0.405 e. The lowest BCUT2D eigenvalue weighted by molar-refractivity contribution is -0.172. The number of rotatable bonds is 7. The Hall–Kier alpha value is -3.79. The van der Waals surface area contributed by atoms with Crippen LogP contribution in [0.1, 0.15) is 92.2 Å². The van der Waals surface area contributed by atoms with Gasteiger partial charge < -0.3 is 24.9 Å². The minimum atomic E-state index is -1.97. The van der Waals surface area contributed by atoms with Gasteiger partial charge in [0, 0.05) is 28.1 Å². The molecule has 4 heterocycles. The van der Waals surface area contributed by atoms with Crippen LogP contribution in [0.15, 0.2) is 16.9 Å². The number of aliphatic hydroxyl groups is 1. The Balaban J connectivity index is 1.66. The molecule has 1 aromatic carbocycles. The van der Waals surface area contributed by atoms with E-state index in [0.717, 1.165) is 42.2 Å². The zero-order valence-corrected chi connectivity index (χ0v) is 23.6. The third kappa shape index (κ3) is 3.90. The molecule has 0 saturated heterocycles. The van der Waals surface area contributed by atoms with E-state index in [1.165, 1.54) is 6.07 Å². The number of unbranched alkanes of at least 4 members (excludes halogenated alkanes) is 3. The fourth-order valence-corrected chi connectivity index (χ4v) is 7.09. The van der Waals surface area contributed by atoms with Gasteiger partial charge in [0.05, 0.1) is 29.0 Å². The normalized spacial score (nSPS) is 22.2. The van der Waals surface area contributed by atoms with Gasteiger partial charge in [-0.1, -0.05) is 33.1 Å². The van der Waals surface area contributed by atoms with E-state index in [1.54, 1.807) is 24.5 Å². The zero-order valence-electron chi connectivity index (χ0n) is 23.6. The SMILES string of the molecule is CCCCCCC1(OC(N)=O)CCc2c(C)c(F)cc3nc4c(c1c23)Cn1c-4cc2c(c1=O)COC(=O)[C@]2(O)CC. The fourth-order valence-electron chi connectivity index (χ4n) is 7.09. The standard InChI is InChI=1S/C31H34FN3O6/c1-4-6-7-8-10-30(41-29(33)38)11-9-17-16(3)21(32)13-22-24(17)25(30)18-14-35-23(26(18)34-22)12-20-19(27(35)36)15-40-28(37)31(20,39)5-2/h12-13,39H,4-11,14-15H2,1-3H3,(H2,33,38)/t30?,31-/m0/s1. The van der Waals surface area contributed by atoms with Crippen molar-refractivity contribution >= 4 is 23.0 Å². The molecule has 0 spiro atoms. The third-order valence-electron chi connectivity index (χ3n) is 9.27. The van der Waals surface area contributed by atoms with Crippen LogP contribution >= 0.6 is 0 Å². The zero-order chi connectivity index (χ0) is 29.3. The maximum atomic E-state index is 15.2. The Morgan fingerprint density at radius 2 is 1.98 bits per heavy atom. The molecule has 2 aliphatic heterocycles. The number of nitrogens with zero attached hydrogens (tertiary/aromatic N) is 2. The Labute approximate surface area is 236 Å². The first-order valence-corrected chi connectivity index (χ1v) is 14.4. The van der Waals surface area contributed by atoms with Crippen molar-refractivity contribution in [3.05, 3.63) is 61.7 Å². The smallest absolute Gasteiger partial charge is 0.405 e. The molecule has 0 bridgehead atoms. The Morgan fingerprint density at radius 3 is 2.68 bits per heavy atom. The number of esters is 1. The first-order valence-electron chi connectivity index (χ1n) is 14.4. The van der Waals surface area contributed by atoms with E-state index < -0.39 is 28.8 Å². The number of aromatic nitrogens is 2. The topological polar surface area (TPSA) is 134 Å². The van der Waals surface area contributed by atoms with Crippen LogP contribution in [0.25, 0.3) is 22.3 Å². The lowest BCUT2D eigenvalue weighted by Gasteiger charge is -2.39. The predicted molar refractivity (Wildman–Crippen MR) is 149 cm³/mol. The number of aryl methyl sites for hydroxylation is 1. The average Bonchev–Trinajstić information content (AvgIpc) is 3.31. The van der Waals surface area contributed by atoms with Crippen molar-refractivity contribution in [1.82, 2.24) is 9.55 Å². The molecule has 9 nitrogen and oxygen atoms in total. The second-order valence-electron chi connectivity index (χ2n) is 11.5. The Bertz CT molecular complexity index is 1700. The molecule has 2 aromatic heterocycles. The monoisotopic (exact) mass is 563 g/mol. The summed E-state index contributed by atoms with van der Waals surface area (Å²) in [5, 5.41) is 12.0. The second kappa shape index (κ2) is 9.65. The molecule has 1 unspecified atom stereocenters. The average molecular weight is 564 g/mol. The van der Waals surface area contributed by atoms with Crippen molar-refractivity contribution in [2.45, 2.75) is 96.5 Å². The van der Waals surface area contributed by atoms with Crippen molar-refractivity contribution in [2.75, 3.05) is 0 Å². The molecule has 0 saturated carbocycles. The van der Waals surface area contributed by atoms with Gasteiger partial charge in [-0.05, 0) is 56.2 Å². The van der Waals surface area contributed by atoms with Crippen LogP contribution in [0.4, 0.5) is 9.18 Å². The summed E-state index contributed by atoms with van der Waals surface area (Å²) in [6.45, 7) is 5.40. The number of primary amides is 1. The number of ether oxygens (including phenoxy) is 2. The summed E-state index contributed by atoms with van der Waals surface area (Å²) in [4.78, 5) is 43.7.